The van der Waals surface area contributed by atoms with Crippen LogP contribution in [0.2, 0.25) is 0 Å². The maximum Gasteiger partial charge on any atom is 0.308 e. The van der Waals surface area contributed by atoms with E-state index in [1.54, 1.807) is 24.3 Å². The molecule has 7 heteroatoms. The number of hydrogen-bond acceptors (Lipinski definition) is 4. The lowest BCUT2D eigenvalue weighted by Crippen LogP contribution is -2.50. The summed E-state index contributed by atoms with van der Waals surface area (Å²) in [5.74, 6) is -1.93. The quantitative estimate of drug-likeness (QED) is 0.628. The lowest BCUT2D eigenvalue weighted by molar-refractivity contribution is -0.141. The number of carboxylic acids is 1. The van der Waals surface area contributed by atoms with E-state index >= 15 is 0 Å². The number of hydrogen-bond donors (Lipinski definition) is 3. The van der Waals surface area contributed by atoms with Crippen molar-refractivity contribution >= 4 is 17.8 Å². The van der Waals surface area contributed by atoms with Crippen molar-refractivity contribution in [2.75, 3.05) is 13.2 Å². The molecule has 7 nitrogen and oxygen atoms in total. The number of aliphatic carboxylic acids is 1. The molecule has 2 atom stereocenters. The zero-order valence-electron chi connectivity index (χ0n) is 15.0. The molecule has 0 aliphatic carbocycles. The summed E-state index contributed by atoms with van der Waals surface area (Å²) < 4.78 is 5.33. The molecule has 0 aliphatic rings. The molecule has 0 aliphatic heterocycles. The minimum absolute atomic E-state index is 0.0102. The molecule has 1 aromatic carbocycles. The first-order valence-electron chi connectivity index (χ1n) is 8.30. The van der Waals surface area contributed by atoms with Crippen LogP contribution in [0.3, 0.4) is 0 Å². The summed E-state index contributed by atoms with van der Waals surface area (Å²) in [5.41, 5.74) is 0.417. The first kappa shape index (κ1) is 20.5. The van der Waals surface area contributed by atoms with E-state index in [-0.39, 0.29) is 18.4 Å². The summed E-state index contributed by atoms with van der Waals surface area (Å²) in [6, 6.07) is 5.89. The fourth-order valence-electron chi connectivity index (χ4n) is 2.08. The van der Waals surface area contributed by atoms with Gasteiger partial charge in [-0.3, -0.25) is 14.4 Å². The molecule has 0 aromatic heterocycles. The number of rotatable bonds is 9. The first-order valence-corrected chi connectivity index (χ1v) is 8.30. The van der Waals surface area contributed by atoms with Crippen LogP contribution in [-0.2, 0) is 9.59 Å². The van der Waals surface area contributed by atoms with Crippen LogP contribution < -0.4 is 15.4 Å². The summed E-state index contributed by atoms with van der Waals surface area (Å²) in [7, 11) is 0. The van der Waals surface area contributed by atoms with Crippen molar-refractivity contribution in [3.05, 3.63) is 29.8 Å². The maximum atomic E-state index is 12.4. The number of carboxylic acid groups (broad SMARTS) is 1. The van der Waals surface area contributed by atoms with Crippen molar-refractivity contribution in [1.82, 2.24) is 10.6 Å². The van der Waals surface area contributed by atoms with Gasteiger partial charge < -0.3 is 20.5 Å². The molecule has 0 fully saturated rings. The van der Waals surface area contributed by atoms with Crippen LogP contribution >= 0.6 is 0 Å². The van der Waals surface area contributed by atoms with Gasteiger partial charge in [0.05, 0.1) is 12.5 Å². The highest BCUT2D eigenvalue weighted by molar-refractivity contribution is 5.97. The summed E-state index contributed by atoms with van der Waals surface area (Å²) in [6.07, 6.45) is 0. The lowest BCUT2D eigenvalue weighted by Gasteiger charge is -2.22. The van der Waals surface area contributed by atoms with Crippen molar-refractivity contribution in [2.24, 2.45) is 11.8 Å². The highest BCUT2D eigenvalue weighted by Gasteiger charge is 2.25. The molecular formula is C18H26N2O5. The number of ether oxygens (including phenoxy) is 1. The predicted molar refractivity (Wildman–Crippen MR) is 93.5 cm³/mol. The molecule has 0 heterocycles. The summed E-state index contributed by atoms with van der Waals surface area (Å²) >= 11 is 0. The smallest absolute Gasteiger partial charge is 0.308 e. The zero-order valence-corrected chi connectivity index (χ0v) is 15.0. The molecule has 138 valence electrons. The van der Waals surface area contributed by atoms with E-state index in [0.717, 1.165) is 0 Å². The SMILES string of the molecule is CCOc1ccc(C(=O)NC(C(=O)NCC(C)C(=O)O)C(C)C)cc1. The van der Waals surface area contributed by atoms with Crippen molar-refractivity contribution in [3.8, 4) is 5.75 Å². The third kappa shape index (κ3) is 6.45. The van der Waals surface area contributed by atoms with Crippen LogP contribution in [-0.4, -0.2) is 42.1 Å². The summed E-state index contributed by atoms with van der Waals surface area (Å²) in [5, 5.41) is 14.1. The topological polar surface area (TPSA) is 105 Å². The van der Waals surface area contributed by atoms with Gasteiger partial charge in [-0.1, -0.05) is 20.8 Å². The monoisotopic (exact) mass is 350 g/mol. The Bertz CT molecular complexity index is 598. The van der Waals surface area contributed by atoms with Gasteiger partial charge in [0.2, 0.25) is 5.91 Å². The van der Waals surface area contributed by atoms with Crippen LogP contribution in [0.25, 0.3) is 0 Å². The van der Waals surface area contributed by atoms with Gasteiger partial charge in [-0.05, 0) is 37.1 Å². The molecule has 0 saturated carbocycles. The van der Waals surface area contributed by atoms with E-state index < -0.39 is 23.8 Å². The lowest BCUT2D eigenvalue weighted by atomic mass is 10.0. The molecule has 0 spiro atoms. The molecule has 1 rings (SSSR count). The van der Waals surface area contributed by atoms with E-state index in [2.05, 4.69) is 10.6 Å². The Balaban J connectivity index is 2.71. The average Bonchev–Trinajstić information content (AvgIpc) is 2.57. The minimum atomic E-state index is -0.986. The van der Waals surface area contributed by atoms with E-state index in [9.17, 15) is 14.4 Å². The highest BCUT2D eigenvalue weighted by Crippen LogP contribution is 2.13. The summed E-state index contributed by atoms with van der Waals surface area (Å²) in [4.78, 5) is 35.5. The van der Waals surface area contributed by atoms with Gasteiger partial charge in [0, 0.05) is 12.1 Å². The Morgan fingerprint density at radius 1 is 1.12 bits per heavy atom. The van der Waals surface area contributed by atoms with Crippen LogP contribution in [0, 0.1) is 11.8 Å². The Kier molecular flexibility index (Phi) is 7.91. The Morgan fingerprint density at radius 2 is 1.72 bits per heavy atom. The fraction of sp³-hybridized carbons (Fsp3) is 0.500. The number of carbonyl (C=O) groups is 3. The van der Waals surface area contributed by atoms with Gasteiger partial charge in [0.15, 0.2) is 0 Å². The van der Waals surface area contributed by atoms with Crippen molar-refractivity contribution in [3.63, 3.8) is 0 Å². The van der Waals surface area contributed by atoms with Gasteiger partial charge in [-0.15, -0.1) is 0 Å². The summed E-state index contributed by atoms with van der Waals surface area (Å²) in [6.45, 7) is 7.54. The second-order valence-electron chi connectivity index (χ2n) is 6.14. The largest absolute Gasteiger partial charge is 0.494 e. The van der Waals surface area contributed by atoms with Gasteiger partial charge in [-0.2, -0.15) is 0 Å². The van der Waals surface area contributed by atoms with Crippen LogP contribution in [0.4, 0.5) is 0 Å². The maximum absolute atomic E-state index is 12.4. The first-order chi connectivity index (χ1) is 11.8. The van der Waals surface area contributed by atoms with E-state index in [4.69, 9.17) is 9.84 Å². The van der Waals surface area contributed by atoms with Crippen molar-refractivity contribution in [1.29, 1.82) is 0 Å². The van der Waals surface area contributed by atoms with Crippen molar-refractivity contribution < 1.29 is 24.2 Å². The van der Waals surface area contributed by atoms with E-state index in [1.165, 1.54) is 6.92 Å². The minimum Gasteiger partial charge on any atom is -0.494 e. The standard InChI is InChI=1S/C18H26N2O5/c1-5-25-14-8-6-13(7-9-14)16(21)20-15(11(2)3)17(22)19-10-12(4)18(23)24/h6-9,11-12,15H,5,10H2,1-4H3,(H,19,22)(H,20,21)(H,23,24). The molecule has 1 aromatic rings. The zero-order chi connectivity index (χ0) is 19.0. The van der Waals surface area contributed by atoms with Gasteiger partial charge in [0.1, 0.15) is 11.8 Å². The van der Waals surface area contributed by atoms with Crippen LogP contribution in [0.1, 0.15) is 38.1 Å². The predicted octanol–water partition coefficient (Wildman–Crippen LogP) is 1.68. The van der Waals surface area contributed by atoms with Gasteiger partial charge in [-0.25, -0.2) is 0 Å². The van der Waals surface area contributed by atoms with E-state index in [1.807, 2.05) is 20.8 Å². The molecule has 2 unspecified atom stereocenters. The Labute approximate surface area is 147 Å². The van der Waals surface area contributed by atoms with Gasteiger partial charge in [0.25, 0.3) is 5.91 Å². The average molecular weight is 350 g/mol. The molecule has 25 heavy (non-hydrogen) atoms. The Hall–Kier alpha value is -2.57. The normalized spacial score (nSPS) is 13.0. The molecule has 2 amide bonds. The second-order valence-corrected chi connectivity index (χ2v) is 6.14. The number of amides is 2. The van der Waals surface area contributed by atoms with Crippen molar-refractivity contribution in [2.45, 2.75) is 33.7 Å². The second kappa shape index (κ2) is 9.66. The fourth-order valence-corrected chi connectivity index (χ4v) is 2.08. The molecular weight excluding hydrogens is 324 g/mol. The van der Waals surface area contributed by atoms with Gasteiger partial charge >= 0.3 is 5.97 Å². The number of nitrogens with one attached hydrogen (secondary N) is 2. The highest BCUT2D eigenvalue weighted by atomic mass is 16.5. The van der Waals surface area contributed by atoms with Crippen LogP contribution in [0.15, 0.2) is 24.3 Å². The molecule has 0 saturated heterocycles. The Morgan fingerprint density at radius 3 is 2.20 bits per heavy atom. The molecule has 3 N–H and O–H groups in total. The number of carbonyl (C=O) groups excluding carboxylic acids is 2. The van der Waals surface area contributed by atoms with Crippen LogP contribution in [0.5, 0.6) is 5.75 Å². The molecule has 0 radical (unpaired) electrons. The third-order valence-corrected chi connectivity index (χ3v) is 3.67. The molecule has 0 bridgehead atoms. The number of benzene rings is 1. The third-order valence-electron chi connectivity index (χ3n) is 3.67. The van der Waals surface area contributed by atoms with E-state index in [0.29, 0.717) is 17.9 Å².